The molecule has 1 aromatic carbocycles. The van der Waals surface area contributed by atoms with Crippen molar-refractivity contribution in [2.75, 3.05) is 7.05 Å². The van der Waals surface area contributed by atoms with E-state index in [9.17, 15) is 14.0 Å². The zero-order valence-corrected chi connectivity index (χ0v) is 12.6. The lowest BCUT2D eigenvalue weighted by molar-refractivity contribution is -0.155. The fourth-order valence-corrected chi connectivity index (χ4v) is 2.02. The van der Waals surface area contributed by atoms with Gasteiger partial charge in [-0.1, -0.05) is 6.92 Å². The minimum Gasteiger partial charge on any atom is -0.480 e. The van der Waals surface area contributed by atoms with E-state index in [0.717, 1.165) is 4.90 Å². The van der Waals surface area contributed by atoms with Crippen LogP contribution >= 0.6 is 0 Å². The van der Waals surface area contributed by atoms with Gasteiger partial charge in [-0.2, -0.15) is 0 Å². The number of benzene rings is 1. The summed E-state index contributed by atoms with van der Waals surface area (Å²) in [5.74, 6) is -1.58. The topological polar surface area (TPSA) is 66.8 Å². The van der Waals surface area contributed by atoms with Gasteiger partial charge in [0.2, 0.25) is 0 Å². The molecule has 0 spiro atoms. The van der Waals surface area contributed by atoms with Gasteiger partial charge in [0.15, 0.2) is 5.60 Å². The fourth-order valence-electron chi connectivity index (χ4n) is 2.02. The Kier molecular flexibility index (Phi) is 5.29. The Morgan fingerprint density at radius 2 is 1.86 bits per heavy atom. The zero-order valence-electron chi connectivity index (χ0n) is 12.6. The van der Waals surface area contributed by atoms with Gasteiger partial charge in [-0.15, -0.1) is 0 Å². The standard InChI is InChI=1S/C15H20FNO4/c1-5-12(13(18)19)17(4)14(20)15(2,3)21-11-8-6-10(16)7-9-11/h6-9,12H,5H2,1-4H3,(H,18,19). The van der Waals surface area contributed by atoms with Crippen molar-refractivity contribution < 1.29 is 23.8 Å². The van der Waals surface area contributed by atoms with Gasteiger partial charge in [-0.3, -0.25) is 4.79 Å². The molecule has 1 amide bonds. The lowest BCUT2D eigenvalue weighted by Gasteiger charge is -2.32. The second-order valence-electron chi connectivity index (χ2n) is 5.24. The van der Waals surface area contributed by atoms with E-state index in [0.29, 0.717) is 12.2 Å². The molecule has 0 bridgehead atoms. The van der Waals surface area contributed by atoms with Crippen molar-refractivity contribution in [3.05, 3.63) is 30.1 Å². The van der Waals surface area contributed by atoms with Gasteiger partial charge < -0.3 is 14.7 Å². The van der Waals surface area contributed by atoms with Crippen molar-refractivity contribution in [3.8, 4) is 5.75 Å². The third kappa shape index (κ3) is 4.18. The summed E-state index contributed by atoms with van der Waals surface area (Å²) < 4.78 is 18.4. The number of carbonyl (C=O) groups excluding carboxylic acids is 1. The van der Waals surface area contributed by atoms with Gasteiger partial charge in [0.05, 0.1) is 0 Å². The highest BCUT2D eigenvalue weighted by Gasteiger charge is 2.37. The maximum Gasteiger partial charge on any atom is 0.326 e. The van der Waals surface area contributed by atoms with Crippen LogP contribution in [0.3, 0.4) is 0 Å². The minimum atomic E-state index is -1.25. The monoisotopic (exact) mass is 297 g/mol. The number of nitrogens with zero attached hydrogens (tertiary/aromatic N) is 1. The number of likely N-dealkylation sites (N-methyl/N-ethyl adjacent to an activating group) is 1. The maximum atomic E-state index is 12.9. The molecular formula is C15H20FNO4. The molecule has 1 N–H and O–H groups in total. The Balaban J connectivity index is 2.87. The smallest absolute Gasteiger partial charge is 0.326 e. The number of carbonyl (C=O) groups is 2. The number of aliphatic carboxylic acids is 1. The van der Waals surface area contributed by atoms with Gasteiger partial charge >= 0.3 is 5.97 Å². The quantitative estimate of drug-likeness (QED) is 0.875. The van der Waals surface area contributed by atoms with E-state index in [2.05, 4.69) is 0 Å². The molecule has 0 aromatic heterocycles. The van der Waals surface area contributed by atoms with Crippen LogP contribution in [0.2, 0.25) is 0 Å². The molecule has 0 saturated carbocycles. The summed E-state index contributed by atoms with van der Waals surface area (Å²) in [5, 5.41) is 9.10. The van der Waals surface area contributed by atoms with E-state index in [4.69, 9.17) is 9.84 Å². The number of amides is 1. The molecule has 1 rings (SSSR count). The lowest BCUT2D eigenvalue weighted by atomic mass is 10.1. The molecule has 116 valence electrons. The second-order valence-corrected chi connectivity index (χ2v) is 5.24. The average Bonchev–Trinajstić information content (AvgIpc) is 2.40. The normalized spacial score (nSPS) is 12.6. The van der Waals surface area contributed by atoms with Crippen LogP contribution in [0.25, 0.3) is 0 Å². The second kappa shape index (κ2) is 6.56. The van der Waals surface area contributed by atoms with E-state index in [1.54, 1.807) is 20.8 Å². The Bertz CT molecular complexity index is 513. The zero-order chi connectivity index (χ0) is 16.2. The van der Waals surface area contributed by atoms with E-state index < -0.39 is 29.3 Å². The molecule has 0 heterocycles. The molecule has 0 aliphatic carbocycles. The number of ether oxygens (including phenoxy) is 1. The van der Waals surface area contributed by atoms with Gasteiger partial charge in [0, 0.05) is 7.05 Å². The summed E-state index contributed by atoms with van der Waals surface area (Å²) in [4.78, 5) is 24.7. The first-order chi connectivity index (χ1) is 9.69. The van der Waals surface area contributed by atoms with Crippen molar-refractivity contribution in [1.29, 1.82) is 0 Å². The number of carboxylic acid groups (broad SMARTS) is 1. The van der Waals surface area contributed by atoms with Crippen molar-refractivity contribution >= 4 is 11.9 Å². The van der Waals surface area contributed by atoms with Crippen LogP contribution in [-0.2, 0) is 9.59 Å². The molecule has 1 unspecified atom stereocenters. The third-order valence-electron chi connectivity index (χ3n) is 3.16. The van der Waals surface area contributed by atoms with Crippen molar-refractivity contribution in [1.82, 2.24) is 4.90 Å². The molecular weight excluding hydrogens is 277 g/mol. The molecule has 6 heteroatoms. The summed E-state index contributed by atoms with van der Waals surface area (Å²) in [6.45, 7) is 4.78. The minimum absolute atomic E-state index is 0.296. The highest BCUT2D eigenvalue weighted by atomic mass is 19.1. The van der Waals surface area contributed by atoms with Crippen LogP contribution in [-0.4, -0.2) is 40.6 Å². The Labute approximate surface area is 123 Å². The van der Waals surface area contributed by atoms with E-state index in [1.807, 2.05) is 0 Å². The molecule has 5 nitrogen and oxygen atoms in total. The summed E-state index contributed by atoms with van der Waals surface area (Å²) in [7, 11) is 1.43. The van der Waals surface area contributed by atoms with Gasteiger partial charge in [0.1, 0.15) is 17.6 Å². The van der Waals surface area contributed by atoms with Crippen LogP contribution < -0.4 is 4.74 Å². The van der Waals surface area contributed by atoms with Gasteiger partial charge in [-0.25, -0.2) is 9.18 Å². The van der Waals surface area contributed by atoms with Crippen molar-refractivity contribution in [2.45, 2.75) is 38.8 Å². The predicted molar refractivity (Wildman–Crippen MR) is 75.6 cm³/mol. The molecule has 0 aliphatic rings. The van der Waals surface area contributed by atoms with Crippen LogP contribution in [0.5, 0.6) is 5.75 Å². The number of halogens is 1. The van der Waals surface area contributed by atoms with Crippen LogP contribution in [0.15, 0.2) is 24.3 Å². The van der Waals surface area contributed by atoms with E-state index in [1.165, 1.54) is 31.3 Å². The first-order valence-electron chi connectivity index (χ1n) is 6.63. The van der Waals surface area contributed by atoms with E-state index in [-0.39, 0.29) is 0 Å². The van der Waals surface area contributed by atoms with Crippen LogP contribution in [0.4, 0.5) is 4.39 Å². The molecule has 0 saturated heterocycles. The number of hydrogen-bond acceptors (Lipinski definition) is 3. The molecule has 0 fully saturated rings. The average molecular weight is 297 g/mol. The largest absolute Gasteiger partial charge is 0.480 e. The predicted octanol–water partition coefficient (Wildman–Crippen LogP) is 2.30. The highest BCUT2D eigenvalue weighted by molar-refractivity contribution is 5.88. The summed E-state index contributed by atoms with van der Waals surface area (Å²) in [5.41, 5.74) is -1.25. The van der Waals surface area contributed by atoms with Crippen LogP contribution in [0, 0.1) is 5.82 Å². The molecule has 1 atom stereocenters. The van der Waals surface area contributed by atoms with Crippen molar-refractivity contribution in [2.24, 2.45) is 0 Å². The summed E-state index contributed by atoms with van der Waals surface area (Å²) >= 11 is 0. The SMILES string of the molecule is CCC(C(=O)O)N(C)C(=O)C(C)(C)Oc1ccc(F)cc1. The summed E-state index contributed by atoms with van der Waals surface area (Å²) in [6.07, 6.45) is 0.296. The van der Waals surface area contributed by atoms with Gasteiger partial charge in [-0.05, 0) is 44.5 Å². The molecule has 0 radical (unpaired) electrons. The first kappa shape index (κ1) is 16.9. The maximum absolute atomic E-state index is 12.9. The Hall–Kier alpha value is -2.11. The highest BCUT2D eigenvalue weighted by Crippen LogP contribution is 2.21. The van der Waals surface area contributed by atoms with E-state index >= 15 is 0 Å². The molecule has 1 aromatic rings. The Morgan fingerprint density at radius 1 is 1.33 bits per heavy atom. The third-order valence-corrected chi connectivity index (χ3v) is 3.16. The number of carboxylic acids is 1. The van der Waals surface area contributed by atoms with Gasteiger partial charge in [0.25, 0.3) is 5.91 Å². The molecule has 0 aliphatic heterocycles. The number of rotatable bonds is 6. The number of hydrogen-bond donors (Lipinski definition) is 1. The van der Waals surface area contributed by atoms with Crippen LogP contribution in [0.1, 0.15) is 27.2 Å². The lowest BCUT2D eigenvalue weighted by Crippen LogP contribution is -2.52. The van der Waals surface area contributed by atoms with Crippen molar-refractivity contribution in [3.63, 3.8) is 0 Å². The molecule has 21 heavy (non-hydrogen) atoms. The fraction of sp³-hybridized carbons (Fsp3) is 0.467. The first-order valence-corrected chi connectivity index (χ1v) is 6.63. The summed E-state index contributed by atoms with van der Waals surface area (Å²) in [6, 6.07) is 4.38. The Morgan fingerprint density at radius 3 is 2.29 bits per heavy atom.